The lowest BCUT2D eigenvalue weighted by Gasteiger charge is -2.17. The van der Waals surface area contributed by atoms with Crippen molar-refractivity contribution in [3.63, 3.8) is 0 Å². The quantitative estimate of drug-likeness (QED) is 0.644. The fraction of sp³-hybridized carbons (Fsp3) is 0.450. The van der Waals surface area contributed by atoms with Crippen molar-refractivity contribution in [2.24, 2.45) is 0 Å². The molecule has 3 aromatic rings. The molecule has 0 unspecified atom stereocenters. The number of halogens is 1. The van der Waals surface area contributed by atoms with Crippen LogP contribution in [0.2, 0.25) is 0 Å². The number of unbranched alkanes of at least 4 members (excludes halogenated alkanes) is 1. The molecule has 0 radical (unpaired) electrons. The number of aryl methyl sites for hydroxylation is 2. The van der Waals surface area contributed by atoms with E-state index in [1.165, 1.54) is 12.1 Å². The maximum Gasteiger partial charge on any atom is 0.330 e. The van der Waals surface area contributed by atoms with E-state index in [1.54, 1.807) is 16.7 Å². The highest BCUT2D eigenvalue weighted by atomic mass is 19.1. The number of aromatic nitrogens is 4. The molecule has 7 nitrogen and oxygen atoms in total. The molecular weight excluding hydrogens is 361 g/mol. The van der Waals surface area contributed by atoms with E-state index in [2.05, 4.69) is 9.97 Å². The SMILES string of the molecule is CCCCn1c(=O)[nH]c(=O)c2c1nc(CN(C)Cc1ccc(F)cc1)n2CC. The summed E-state index contributed by atoms with van der Waals surface area (Å²) in [7, 11) is 1.94. The Bertz CT molecular complexity index is 1070. The van der Waals surface area contributed by atoms with Crippen LogP contribution < -0.4 is 11.2 Å². The Morgan fingerprint density at radius 1 is 1.11 bits per heavy atom. The molecule has 0 atom stereocenters. The largest absolute Gasteiger partial charge is 0.330 e. The summed E-state index contributed by atoms with van der Waals surface area (Å²) in [6.07, 6.45) is 1.77. The number of imidazole rings is 1. The average molecular weight is 387 g/mol. The van der Waals surface area contributed by atoms with Gasteiger partial charge in [-0.15, -0.1) is 0 Å². The lowest BCUT2D eigenvalue weighted by molar-refractivity contribution is 0.306. The number of nitrogens with zero attached hydrogens (tertiary/aromatic N) is 4. The number of hydrogen-bond acceptors (Lipinski definition) is 4. The Morgan fingerprint density at radius 3 is 2.46 bits per heavy atom. The van der Waals surface area contributed by atoms with Crippen LogP contribution in [0.25, 0.3) is 11.2 Å². The molecule has 8 heteroatoms. The second-order valence-electron chi connectivity index (χ2n) is 7.01. The molecule has 150 valence electrons. The molecule has 0 aliphatic heterocycles. The van der Waals surface area contributed by atoms with Crippen molar-refractivity contribution >= 4 is 11.2 Å². The van der Waals surface area contributed by atoms with Crippen LogP contribution >= 0.6 is 0 Å². The number of aromatic amines is 1. The highest BCUT2D eigenvalue weighted by Crippen LogP contribution is 2.15. The zero-order valence-electron chi connectivity index (χ0n) is 16.5. The van der Waals surface area contributed by atoms with Gasteiger partial charge in [-0.25, -0.2) is 14.2 Å². The van der Waals surface area contributed by atoms with Gasteiger partial charge >= 0.3 is 5.69 Å². The number of H-pyrrole nitrogens is 1. The first kappa shape index (κ1) is 20.0. The van der Waals surface area contributed by atoms with E-state index in [1.807, 2.05) is 30.4 Å². The minimum atomic E-state index is -0.419. The number of benzene rings is 1. The van der Waals surface area contributed by atoms with E-state index in [-0.39, 0.29) is 5.82 Å². The van der Waals surface area contributed by atoms with Gasteiger partial charge in [0.1, 0.15) is 11.6 Å². The lowest BCUT2D eigenvalue weighted by atomic mass is 10.2. The molecule has 2 aromatic heterocycles. The number of rotatable bonds is 8. The van der Waals surface area contributed by atoms with Gasteiger partial charge in [-0.3, -0.25) is 19.2 Å². The van der Waals surface area contributed by atoms with Gasteiger partial charge in [-0.2, -0.15) is 0 Å². The van der Waals surface area contributed by atoms with Crippen LogP contribution in [-0.4, -0.2) is 31.0 Å². The van der Waals surface area contributed by atoms with Crippen LogP contribution in [0.1, 0.15) is 38.1 Å². The van der Waals surface area contributed by atoms with E-state index >= 15 is 0 Å². The summed E-state index contributed by atoms with van der Waals surface area (Å²) in [5.74, 6) is 0.465. The molecule has 0 bridgehead atoms. The number of fused-ring (bicyclic) bond motifs is 1. The Morgan fingerprint density at radius 2 is 1.82 bits per heavy atom. The van der Waals surface area contributed by atoms with E-state index in [0.29, 0.717) is 37.3 Å². The molecule has 0 spiro atoms. The van der Waals surface area contributed by atoms with Crippen molar-refractivity contribution in [1.82, 2.24) is 24.0 Å². The molecule has 28 heavy (non-hydrogen) atoms. The van der Waals surface area contributed by atoms with Crippen molar-refractivity contribution in [2.45, 2.75) is 52.9 Å². The first-order chi connectivity index (χ1) is 13.4. The highest BCUT2D eigenvalue weighted by molar-refractivity contribution is 5.71. The predicted octanol–water partition coefficient (Wildman–Crippen LogP) is 2.48. The Kier molecular flexibility index (Phi) is 6.08. The van der Waals surface area contributed by atoms with Gasteiger partial charge in [-0.1, -0.05) is 25.5 Å². The van der Waals surface area contributed by atoms with E-state index in [9.17, 15) is 14.0 Å². The van der Waals surface area contributed by atoms with Crippen LogP contribution in [0.3, 0.4) is 0 Å². The summed E-state index contributed by atoms with van der Waals surface area (Å²) >= 11 is 0. The third-order valence-electron chi connectivity index (χ3n) is 4.79. The van der Waals surface area contributed by atoms with Gasteiger partial charge in [0.2, 0.25) is 0 Å². The third-order valence-corrected chi connectivity index (χ3v) is 4.79. The van der Waals surface area contributed by atoms with Crippen molar-refractivity contribution in [3.8, 4) is 0 Å². The molecule has 1 aromatic carbocycles. The van der Waals surface area contributed by atoms with Crippen LogP contribution in [0.15, 0.2) is 33.9 Å². The summed E-state index contributed by atoms with van der Waals surface area (Å²) in [4.78, 5) is 33.8. The van der Waals surface area contributed by atoms with Crippen LogP contribution in [0.5, 0.6) is 0 Å². The molecule has 2 heterocycles. The van der Waals surface area contributed by atoms with Crippen LogP contribution in [0, 0.1) is 5.82 Å². The standard InChI is InChI=1S/C20H26FN5O2/c1-4-6-11-26-18-17(19(27)23-20(26)28)25(5-2)16(22-18)13-24(3)12-14-7-9-15(21)10-8-14/h7-10H,4-6,11-13H2,1-3H3,(H,23,27,28). The fourth-order valence-corrected chi connectivity index (χ4v) is 3.40. The minimum absolute atomic E-state index is 0.261. The minimum Gasteiger partial charge on any atom is -0.321 e. The second-order valence-corrected chi connectivity index (χ2v) is 7.01. The third kappa shape index (κ3) is 4.06. The van der Waals surface area contributed by atoms with Crippen LogP contribution in [-0.2, 0) is 26.2 Å². The summed E-state index contributed by atoms with van der Waals surface area (Å²) in [6, 6.07) is 6.39. The summed E-state index contributed by atoms with van der Waals surface area (Å²) in [5, 5.41) is 0. The van der Waals surface area contributed by atoms with Crippen molar-refractivity contribution in [3.05, 3.63) is 62.3 Å². The van der Waals surface area contributed by atoms with Crippen molar-refractivity contribution < 1.29 is 4.39 Å². The number of nitrogens with one attached hydrogen (secondary N) is 1. The van der Waals surface area contributed by atoms with E-state index < -0.39 is 11.2 Å². The van der Waals surface area contributed by atoms with Gasteiger partial charge < -0.3 is 4.57 Å². The molecule has 1 N–H and O–H groups in total. The maximum absolute atomic E-state index is 13.1. The van der Waals surface area contributed by atoms with Gasteiger partial charge in [0.25, 0.3) is 5.56 Å². The van der Waals surface area contributed by atoms with Crippen molar-refractivity contribution in [1.29, 1.82) is 0 Å². The first-order valence-corrected chi connectivity index (χ1v) is 9.59. The molecule has 0 amide bonds. The molecule has 0 saturated carbocycles. The Labute approximate surface area is 162 Å². The molecular formula is C20H26FN5O2. The molecule has 3 rings (SSSR count). The normalized spacial score (nSPS) is 11.6. The topological polar surface area (TPSA) is 75.9 Å². The van der Waals surface area contributed by atoms with Gasteiger partial charge in [0, 0.05) is 19.6 Å². The Hall–Kier alpha value is -2.74. The maximum atomic E-state index is 13.1. The average Bonchev–Trinajstić information content (AvgIpc) is 3.01. The summed E-state index contributed by atoms with van der Waals surface area (Å²) in [6.45, 7) is 6.22. The zero-order chi connectivity index (χ0) is 20.3. The van der Waals surface area contributed by atoms with Crippen LogP contribution in [0.4, 0.5) is 4.39 Å². The predicted molar refractivity (Wildman–Crippen MR) is 107 cm³/mol. The lowest BCUT2D eigenvalue weighted by Crippen LogP contribution is -2.31. The van der Waals surface area contributed by atoms with Gasteiger partial charge in [0.15, 0.2) is 11.2 Å². The van der Waals surface area contributed by atoms with Gasteiger partial charge in [0.05, 0.1) is 6.54 Å². The van der Waals surface area contributed by atoms with Crippen molar-refractivity contribution in [2.75, 3.05) is 7.05 Å². The molecule has 0 aliphatic rings. The molecule has 0 saturated heterocycles. The van der Waals surface area contributed by atoms with E-state index in [0.717, 1.165) is 24.2 Å². The van der Waals surface area contributed by atoms with Gasteiger partial charge in [-0.05, 0) is 38.1 Å². The second kappa shape index (κ2) is 8.52. The molecule has 0 aliphatic carbocycles. The van der Waals surface area contributed by atoms with E-state index in [4.69, 9.17) is 0 Å². The fourth-order valence-electron chi connectivity index (χ4n) is 3.40. The summed E-state index contributed by atoms with van der Waals surface area (Å²) in [5.41, 5.74) is 1.03. The summed E-state index contributed by atoms with van der Waals surface area (Å²) < 4.78 is 16.5. The molecule has 0 fully saturated rings. The highest BCUT2D eigenvalue weighted by Gasteiger charge is 2.18. The smallest absolute Gasteiger partial charge is 0.321 e. The number of hydrogen-bond donors (Lipinski definition) is 1. The first-order valence-electron chi connectivity index (χ1n) is 9.59. The zero-order valence-corrected chi connectivity index (χ0v) is 16.5. The Balaban J connectivity index is 1.96. The monoisotopic (exact) mass is 387 g/mol.